The van der Waals surface area contributed by atoms with Crippen LogP contribution in [0.15, 0.2) is 0 Å². The topological polar surface area (TPSA) is 73.9 Å². The fraction of sp³-hybridized carbons (Fsp3) is 0.769. The van der Waals surface area contributed by atoms with E-state index in [-0.39, 0.29) is 11.7 Å². The third kappa shape index (κ3) is 4.98. The van der Waals surface area contributed by atoms with Gasteiger partial charge in [0, 0.05) is 25.6 Å². The van der Waals surface area contributed by atoms with Crippen molar-refractivity contribution in [3.63, 3.8) is 0 Å². The molecule has 0 spiro atoms. The fourth-order valence-electron chi connectivity index (χ4n) is 1.70. The highest BCUT2D eigenvalue weighted by atomic mass is 16.2. The predicted molar refractivity (Wildman–Crippen MR) is 75.1 cm³/mol. The number of likely N-dealkylation sites (N-methyl/N-ethyl adjacent to an activating group) is 1. The zero-order valence-electron chi connectivity index (χ0n) is 12.4. The third-order valence-corrected chi connectivity index (χ3v) is 3.31. The molecule has 0 aliphatic carbocycles. The van der Waals surface area contributed by atoms with Crippen LogP contribution in [0.25, 0.3) is 0 Å². The van der Waals surface area contributed by atoms with E-state index in [1.807, 2.05) is 0 Å². The van der Waals surface area contributed by atoms with Crippen molar-refractivity contribution in [1.82, 2.24) is 25.4 Å². The molecule has 0 bridgehead atoms. The molecular formula is C13H25N5O. The van der Waals surface area contributed by atoms with E-state index in [0.29, 0.717) is 12.6 Å². The molecule has 6 heteroatoms. The van der Waals surface area contributed by atoms with E-state index in [2.05, 4.69) is 53.2 Å². The average molecular weight is 267 g/mol. The van der Waals surface area contributed by atoms with E-state index in [1.165, 1.54) is 0 Å². The lowest BCUT2D eigenvalue weighted by atomic mass is 10.2. The molecule has 2 N–H and O–H groups in total. The molecule has 1 rings (SSSR count). The van der Waals surface area contributed by atoms with Gasteiger partial charge in [0.2, 0.25) is 5.82 Å². The highest BCUT2D eigenvalue weighted by molar-refractivity contribution is 5.90. The second kappa shape index (κ2) is 7.89. The Morgan fingerprint density at radius 3 is 2.84 bits per heavy atom. The summed E-state index contributed by atoms with van der Waals surface area (Å²) < 4.78 is 0. The first-order valence-electron chi connectivity index (χ1n) is 6.98. The number of carbonyl (C=O) groups is 1. The third-order valence-electron chi connectivity index (χ3n) is 3.31. The van der Waals surface area contributed by atoms with Gasteiger partial charge in [0.05, 0.1) is 0 Å². The molecule has 1 amide bonds. The molecule has 0 aromatic carbocycles. The number of H-pyrrole nitrogens is 1. The molecule has 0 aliphatic rings. The van der Waals surface area contributed by atoms with E-state index in [9.17, 15) is 4.79 Å². The summed E-state index contributed by atoms with van der Waals surface area (Å²) in [6, 6.07) is 0.525. The monoisotopic (exact) mass is 267 g/mol. The van der Waals surface area contributed by atoms with Crippen LogP contribution in [0.2, 0.25) is 0 Å². The number of aryl methyl sites for hydroxylation is 1. The lowest BCUT2D eigenvalue weighted by Gasteiger charge is -2.23. The molecule has 0 saturated carbocycles. The molecule has 1 atom stereocenters. The van der Waals surface area contributed by atoms with Crippen LogP contribution in [0.5, 0.6) is 0 Å². The molecule has 0 saturated heterocycles. The van der Waals surface area contributed by atoms with Crippen LogP contribution >= 0.6 is 0 Å². The summed E-state index contributed by atoms with van der Waals surface area (Å²) in [4.78, 5) is 18.2. The van der Waals surface area contributed by atoms with Gasteiger partial charge in [0.1, 0.15) is 5.82 Å². The maximum atomic E-state index is 11.8. The number of aromatic amines is 1. The number of amides is 1. The zero-order chi connectivity index (χ0) is 14.3. The molecule has 1 heterocycles. The predicted octanol–water partition coefficient (Wildman–Crippen LogP) is 1.22. The van der Waals surface area contributed by atoms with Gasteiger partial charge < -0.3 is 10.2 Å². The number of rotatable bonds is 8. The Bertz CT molecular complexity index is 390. The van der Waals surface area contributed by atoms with Gasteiger partial charge in [-0.2, -0.15) is 0 Å². The van der Waals surface area contributed by atoms with Crippen molar-refractivity contribution in [3.05, 3.63) is 11.6 Å². The van der Waals surface area contributed by atoms with Crippen LogP contribution < -0.4 is 5.32 Å². The number of nitrogens with zero attached hydrogens (tertiary/aromatic N) is 3. The highest BCUT2D eigenvalue weighted by Crippen LogP contribution is 1.99. The minimum Gasteiger partial charge on any atom is -0.348 e. The Hall–Kier alpha value is -1.43. The number of hydrogen-bond acceptors (Lipinski definition) is 4. The molecule has 19 heavy (non-hydrogen) atoms. The molecular weight excluding hydrogens is 242 g/mol. The van der Waals surface area contributed by atoms with Crippen LogP contribution in [0.3, 0.4) is 0 Å². The van der Waals surface area contributed by atoms with Gasteiger partial charge in [-0.15, -0.1) is 5.10 Å². The zero-order valence-corrected chi connectivity index (χ0v) is 12.4. The van der Waals surface area contributed by atoms with Crippen molar-refractivity contribution >= 4 is 5.91 Å². The van der Waals surface area contributed by atoms with Gasteiger partial charge in [0.25, 0.3) is 5.91 Å². The summed E-state index contributed by atoms with van der Waals surface area (Å²) in [6.07, 6.45) is 2.90. The van der Waals surface area contributed by atoms with Crippen LogP contribution in [0.1, 0.15) is 50.1 Å². The van der Waals surface area contributed by atoms with Gasteiger partial charge in [-0.1, -0.05) is 13.8 Å². The lowest BCUT2D eigenvalue weighted by Crippen LogP contribution is -2.37. The minimum atomic E-state index is -0.212. The van der Waals surface area contributed by atoms with Crippen LogP contribution in [0.4, 0.5) is 0 Å². The molecule has 108 valence electrons. The molecule has 0 aliphatic heterocycles. The van der Waals surface area contributed by atoms with E-state index in [4.69, 9.17) is 0 Å². The van der Waals surface area contributed by atoms with Crippen LogP contribution in [-0.2, 0) is 6.42 Å². The summed E-state index contributed by atoms with van der Waals surface area (Å²) in [6.45, 7) is 7.83. The Morgan fingerprint density at radius 2 is 2.21 bits per heavy atom. The summed E-state index contributed by atoms with van der Waals surface area (Å²) >= 11 is 0. The number of hydrogen-bond donors (Lipinski definition) is 2. The van der Waals surface area contributed by atoms with Gasteiger partial charge >= 0.3 is 0 Å². The summed E-state index contributed by atoms with van der Waals surface area (Å²) in [5.74, 6) is 0.787. The first-order valence-corrected chi connectivity index (χ1v) is 6.98. The van der Waals surface area contributed by atoms with Crippen LogP contribution in [0, 0.1) is 0 Å². The van der Waals surface area contributed by atoms with Crippen molar-refractivity contribution in [3.8, 4) is 0 Å². The fourth-order valence-corrected chi connectivity index (χ4v) is 1.70. The van der Waals surface area contributed by atoms with Crippen molar-refractivity contribution in [2.75, 3.05) is 20.1 Å². The first-order chi connectivity index (χ1) is 9.08. The largest absolute Gasteiger partial charge is 0.348 e. The Morgan fingerprint density at radius 1 is 1.47 bits per heavy atom. The first kappa shape index (κ1) is 15.6. The number of nitrogens with one attached hydrogen (secondary N) is 2. The second-order valence-corrected chi connectivity index (χ2v) is 4.85. The van der Waals surface area contributed by atoms with E-state index in [1.54, 1.807) is 0 Å². The normalized spacial score (nSPS) is 12.7. The van der Waals surface area contributed by atoms with Crippen molar-refractivity contribution in [2.24, 2.45) is 0 Å². The Labute approximate surface area is 115 Å². The second-order valence-electron chi connectivity index (χ2n) is 4.85. The molecule has 0 fully saturated rings. The number of aromatic nitrogens is 3. The van der Waals surface area contributed by atoms with E-state index >= 15 is 0 Å². The lowest BCUT2D eigenvalue weighted by molar-refractivity contribution is 0.0937. The van der Waals surface area contributed by atoms with E-state index < -0.39 is 0 Å². The maximum absolute atomic E-state index is 11.8. The highest BCUT2D eigenvalue weighted by Gasteiger charge is 2.12. The minimum absolute atomic E-state index is 0.212. The van der Waals surface area contributed by atoms with E-state index in [0.717, 1.165) is 31.6 Å². The quantitative estimate of drug-likeness (QED) is 0.742. The van der Waals surface area contributed by atoms with Gasteiger partial charge in [0.15, 0.2) is 0 Å². The van der Waals surface area contributed by atoms with Gasteiger partial charge in [-0.3, -0.25) is 9.89 Å². The van der Waals surface area contributed by atoms with Crippen molar-refractivity contribution in [2.45, 2.75) is 46.1 Å². The standard InChI is InChI=1S/C13H25N5O/c1-5-7-11-15-12(17-16-11)13(19)14-8-9-18(4)10(3)6-2/h10H,5-9H2,1-4H3,(H,14,19)(H,15,16,17). The summed E-state index contributed by atoms with van der Waals surface area (Å²) in [5, 5.41) is 9.54. The van der Waals surface area contributed by atoms with Gasteiger partial charge in [-0.05, 0) is 26.8 Å². The Kier molecular flexibility index (Phi) is 6.49. The summed E-state index contributed by atoms with van der Waals surface area (Å²) in [5.41, 5.74) is 0. The smallest absolute Gasteiger partial charge is 0.291 e. The molecule has 1 aromatic rings. The molecule has 1 unspecified atom stereocenters. The van der Waals surface area contributed by atoms with Crippen molar-refractivity contribution in [1.29, 1.82) is 0 Å². The van der Waals surface area contributed by atoms with Crippen molar-refractivity contribution < 1.29 is 4.79 Å². The average Bonchev–Trinajstić information content (AvgIpc) is 2.86. The van der Waals surface area contributed by atoms with Crippen LogP contribution in [-0.4, -0.2) is 52.2 Å². The molecule has 0 radical (unpaired) electrons. The molecule has 6 nitrogen and oxygen atoms in total. The molecule has 1 aromatic heterocycles. The maximum Gasteiger partial charge on any atom is 0.291 e. The SMILES string of the molecule is CCCc1nc(C(=O)NCCN(C)C(C)CC)n[nH]1. The summed E-state index contributed by atoms with van der Waals surface area (Å²) in [7, 11) is 2.06. The van der Waals surface area contributed by atoms with Gasteiger partial charge in [-0.25, -0.2) is 4.98 Å². The number of carbonyl (C=O) groups excluding carboxylic acids is 1. The Balaban J connectivity index is 2.34.